The van der Waals surface area contributed by atoms with Gasteiger partial charge in [0.15, 0.2) is 0 Å². The predicted octanol–water partition coefficient (Wildman–Crippen LogP) is 2.22. The fraction of sp³-hybridized carbons (Fsp3) is 1.00. The summed E-state index contributed by atoms with van der Waals surface area (Å²) in [5.41, 5.74) is 0. The van der Waals surface area contributed by atoms with Gasteiger partial charge in [0.05, 0.1) is 13.2 Å². The summed E-state index contributed by atoms with van der Waals surface area (Å²) in [6.45, 7) is 13.6. The minimum absolute atomic E-state index is 0.932. The highest BCUT2D eigenvalue weighted by Gasteiger charge is 2.08. The van der Waals surface area contributed by atoms with Crippen molar-refractivity contribution < 1.29 is 4.74 Å². The minimum atomic E-state index is 0.932. The van der Waals surface area contributed by atoms with Gasteiger partial charge in [-0.1, -0.05) is 26.7 Å². The summed E-state index contributed by atoms with van der Waals surface area (Å²) in [6.07, 6.45) is 5.50. The molecule has 1 heterocycles. The van der Waals surface area contributed by atoms with E-state index in [1.165, 1.54) is 51.9 Å². The number of rotatable bonds is 9. The molecule has 0 aromatic carbocycles. The van der Waals surface area contributed by atoms with Crippen molar-refractivity contribution in [2.24, 2.45) is 0 Å². The van der Waals surface area contributed by atoms with Crippen LogP contribution in [0.2, 0.25) is 0 Å². The smallest absolute Gasteiger partial charge is 0.0594 e. The SMILES string of the molecule is CCN(CC)CCCCCCN1CCOCC1. The fourth-order valence-electron chi connectivity index (χ4n) is 2.39. The van der Waals surface area contributed by atoms with Crippen LogP contribution in [0.25, 0.3) is 0 Å². The lowest BCUT2D eigenvalue weighted by atomic mass is 10.1. The van der Waals surface area contributed by atoms with Gasteiger partial charge in [-0.15, -0.1) is 0 Å². The average molecular weight is 242 g/mol. The largest absolute Gasteiger partial charge is 0.379 e. The normalized spacial score (nSPS) is 17.8. The number of unbranched alkanes of at least 4 members (excludes halogenated alkanes) is 3. The second-order valence-corrected chi connectivity index (χ2v) is 4.90. The maximum absolute atomic E-state index is 5.35. The lowest BCUT2D eigenvalue weighted by molar-refractivity contribution is 0.0371. The molecule has 0 unspecified atom stereocenters. The highest BCUT2D eigenvalue weighted by molar-refractivity contribution is 4.62. The Kier molecular flexibility index (Phi) is 8.67. The molecule has 102 valence electrons. The van der Waals surface area contributed by atoms with Gasteiger partial charge in [-0.05, 0) is 39.0 Å². The third-order valence-electron chi connectivity index (χ3n) is 3.70. The summed E-state index contributed by atoms with van der Waals surface area (Å²) in [6, 6.07) is 0. The van der Waals surface area contributed by atoms with Crippen molar-refractivity contribution >= 4 is 0 Å². The lowest BCUT2D eigenvalue weighted by Gasteiger charge is -2.26. The number of hydrogen-bond donors (Lipinski definition) is 0. The quantitative estimate of drug-likeness (QED) is 0.577. The summed E-state index contributed by atoms with van der Waals surface area (Å²) in [5.74, 6) is 0. The van der Waals surface area contributed by atoms with Crippen LogP contribution in [-0.4, -0.2) is 62.3 Å². The van der Waals surface area contributed by atoms with E-state index in [1.54, 1.807) is 0 Å². The van der Waals surface area contributed by atoms with Crippen LogP contribution in [0.15, 0.2) is 0 Å². The fourth-order valence-corrected chi connectivity index (χ4v) is 2.39. The van der Waals surface area contributed by atoms with Gasteiger partial charge in [-0.25, -0.2) is 0 Å². The summed E-state index contributed by atoms with van der Waals surface area (Å²) in [4.78, 5) is 5.05. The molecular formula is C14H30N2O. The maximum Gasteiger partial charge on any atom is 0.0594 e. The van der Waals surface area contributed by atoms with Crippen molar-refractivity contribution in [2.45, 2.75) is 39.5 Å². The van der Waals surface area contributed by atoms with Crippen LogP contribution in [0.4, 0.5) is 0 Å². The Morgan fingerprint density at radius 3 is 2.24 bits per heavy atom. The molecule has 1 rings (SSSR count). The Bertz CT molecular complexity index is 166. The summed E-state index contributed by atoms with van der Waals surface area (Å²) in [5, 5.41) is 0. The molecule has 0 N–H and O–H groups in total. The van der Waals surface area contributed by atoms with E-state index in [-0.39, 0.29) is 0 Å². The van der Waals surface area contributed by atoms with Gasteiger partial charge in [0.25, 0.3) is 0 Å². The summed E-state index contributed by atoms with van der Waals surface area (Å²) in [7, 11) is 0. The second kappa shape index (κ2) is 9.86. The molecule has 0 aromatic rings. The number of nitrogens with zero attached hydrogens (tertiary/aromatic N) is 2. The molecule has 3 nitrogen and oxygen atoms in total. The molecule has 0 bridgehead atoms. The monoisotopic (exact) mass is 242 g/mol. The Morgan fingerprint density at radius 1 is 0.941 bits per heavy atom. The molecule has 1 saturated heterocycles. The molecule has 17 heavy (non-hydrogen) atoms. The van der Waals surface area contributed by atoms with Crippen LogP contribution >= 0.6 is 0 Å². The van der Waals surface area contributed by atoms with Gasteiger partial charge in [-0.3, -0.25) is 4.90 Å². The molecule has 1 fully saturated rings. The van der Waals surface area contributed by atoms with Crippen molar-refractivity contribution in [1.29, 1.82) is 0 Å². The molecule has 1 aliphatic heterocycles. The van der Waals surface area contributed by atoms with Crippen molar-refractivity contribution in [3.8, 4) is 0 Å². The van der Waals surface area contributed by atoms with E-state index >= 15 is 0 Å². The standard InChI is InChI=1S/C14H30N2O/c1-3-15(4-2)9-7-5-6-8-10-16-11-13-17-14-12-16/h3-14H2,1-2H3. The highest BCUT2D eigenvalue weighted by atomic mass is 16.5. The minimum Gasteiger partial charge on any atom is -0.379 e. The number of ether oxygens (including phenoxy) is 1. The van der Waals surface area contributed by atoms with Crippen LogP contribution < -0.4 is 0 Å². The Morgan fingerprint density at radius 2 is 1.59 bits per heavy atom. The van der Waals surface area contributed by atoms with E-state index < -0.39 is 0 Å². The first-order valence-corrected chi connectivity index (χ1v) is 7.39. The molecular weight excluding hydrogens is 212 g/mol. The summed E-state index contributed by atoms with van der Waals surface area (Å²) < 4.78 is 5.35. The molecule has 0 aromatic heterocycles. The van der Waals surface area contributed by atoms with E-state index in [1.807, 2.05) is 0 Å². The zero-order valence-electron chi connectivity index (χ0n) is 11.8. The van der Waals surface area contributed by atoms with E-state index in [2.05, 4.69) is 23.6 Å². The van der Waals surface area contributed by atoms with Crippen molar-refractivity contribution in [1.82, 2.24) is 9.80 Å². The van der Waals surface area contributed by atoms with E-state index in [4.69, 9.17) is 4.74 Å². The average Bonchev–Trinajstić information content (AvgIpc) is 2.39. The van der Waals surface area contributed by atoms with E-state index in [9.17, 15) is 0 Å². The molecule has 3 heteroatoms. The van der Waals surface area contributed by atoms with Crippen molar-refractivity contribution in [3.05, 3.63) is 0 Å². The predicted molar refractivity (Wildman–Crippen MR) is 73.5 cm³/mol. The van der Waals surface area contributed by atoms with E-state index in [0.717, 1.165) is 26.3 Å². The Hall–Kier alpha value is -0.120. The van der Waals surface area contributed by atoms with Crippen LogP contribution in [-0.2, 0) is 4.74 Å². The van der Waals surface area contributed by atoms with Gasteiger partial charge >= 0.3 is 0 Å². The van der Waals surface area contributed by atoms with Crippen LogP contribution in [0.3, 0.4) is 0 Å². The molecule has 0 aliphatic carbocycles. The van der Waals surface area contributed by atoms with E-state index in [0.29, 0.717) is 0 Å². The lowest BCUT2D eigenvalue weighted by Crippen LogP contribution is -2.36. The first-order chi connectivity index (χ1) is 8.36. The van der Waals surface area contributed by atoms with Crippen molar-refractivity contribution in [2.75, 3.05) is 52.5 Å². The molecule has 0 saturated carbocycles. The van der Waals surface area contributed by atoms with Gasteiger partial charge in [0.2, 0.25) is 0 Å². The van der Waals surface area contributed by atoms with Crippen LogP contribution in [0.1, 0.15) is 39.5 Å². The Labute approximate surface area is 107 Å². The molecule has 0 radical (unpaired) electrons. The third-order valence-corrected chi connectivity index (χ3v) is 3.70. The van der Waals surface area contributed by atoms with Crippen molar-refractivity contribution in [3.63, 3.8) is 0 Å². The van der Waals surface area contributed by atoms with Gasteiger partial charge in [0.1, 0.15) is 0 Å². The first kappa shape index (κ1) is 14.9. The van der Waals surface area contributed by atoms with Gasteiger partial charge in [0, 0.05) is 13.1 Å². The Balaban J connectivity index is 1.86. The van der Waals surface area contributed by atoms with Crippen LogP contribution in [0, 0.1) is 0 Å². The zero-order chi connectivity index (χ0) is 12.3. The van der Waals surface area contributed by atoms with Crippen LogP contribution in [0.5, 0.6) is 0 Å². The number of morpholine rings is 1. The maximum atomic E-state index is 5.35. The third kappa shape index (κ3) is 7.02. The highest BCUT2D eigenvalue weighted by Crippen LogP contribution is 2.05. The summed E-state index contributed by atoms with van der Waals surface area (Å²) >= 11 is 0. The second-order valence-electron chi connectivity index (χ2n) is 4.90. The van der Waals surface area contributed by atoms with Gasteiger partial charge < -0.3 is 9.64 Å². The topological polar surface area (TPSA) is 15.7 Å². The molecule has 1 aliphatic rings. The van der Waals surface area contributed by atoms with Gasteiger partial charge in [-0.2, -0.15) is 0 Å². The first-order valence-electron chi connectivity index (χ1n) is 7.39. The molecule has 0 spiro atoms. The zero-order valence-corrected chi connectivity index (χ0v) is 11.8. The molecule has 0 amide bonds. The molecule has 0 atom stereocenters. The number of hydrogen-bond acceptors (Lipinski definition) is 3.